The average Bonchev–Trinajstić information content (AvgIpc) is 2.51. The van der Waals surface area contributed by atoms with Crippen LogP contribution < -0.4 is 0 Å². The van der Waals surface area contributed by atoms with Crippen molar-refractivity contribution in [3.05, 3.63) is 35.1 Å². The molecule has 0 bridgehead atoms. The highest BCUT2D eigenvalue weighted by Crippen LogP contribution is 2.40. The molecular formula is C18H27FO2. The normalized spacial score (nSPS) is 24.0. The molecule has 3 heteroatoms. The van der Waals surface area contributed by atoms with E-state index in [0.717, 1.165) is 43.6 Å². The average molecular weight is 294 g/mol. The molecule has 1 saturated carbocycles. The third kappa shape index (κ3) is 4.04. The fourth-order valence-corrected chi connectivity index (χ4v) is 3.61. The minimum absolute atomic E-state index is 0.213. The predicted molar refractivity (Wildman–Crippen MR) is 82.6 cm³/mol. The zero-order valence-electron chi connectivity index (χ0n) is 13.1. The Morgan fingerprint density at radius 3 is 2.48 bits per heavy atom. The Morgan fingerprint density at radius 1 is 1.24 bits per heavy atom. The van der Waals surface area contributed by atoms with Crippen molar-refractivity contribution >= 4 is 0 Å². The summed E-state index contributed by atoms with van der Waals surface area (Å²) in [5.41, 5.74) is 1.47. The van der Waals surface area contributed by atoms with Crippen molar-refractivity contribution in [3.8, 4) is 0 Å². The van der Waals surface area contributed by atoms with Gasteiger partial charge in [0.25, 0.3) is 0 Å². The van der Waals surface area contributed by atoms with E-state index in [-0.39, 0.29) is 11.7 Å². The molecule has 0 saturated heterocycles. The van der Waals surface area contributed by atoms with Crippen LogP contribution in [0.5, 0.6) is 0 Å². The molecule has 1 atom stereocenters. The molecule has 1 aromatic rings. The molecule has 0 amide bonds. The Balaban J connectivity index is 2.06. The molecule has 118 valence electrons. The molecule has 1 fully saturated rings. The van der Waals surface area contributed by atoms with Gasteiger partial charge in [-0.25, -0.2) is 9.28 Å². The minimum Gasteiger partial charge on any atom is -0.251 e. The lowest BCUT2D eigenvalue weighted by atomic mass is 9.76. The van der Waals surface area contributed by atoms with Crippen molar-refractivity contribution in [2.45, 2.75) is 64.9 Å². The largest absolute Gasteiger partial charge is 0.251 e. The third-order valence-electron chi connectivity index (χ3n) is 4.91. The molecule has 0 aromatic heterocycles. The Labute approximate surface area is 127 Å². The lowest BCUT2D eigenvalue weighted by Crippen LogP contribution is -2.22. The van der Waals surface area contributed by atoms with Crippen LogP contribution in [-0.4, -0.2) is 5.26 Å². The molecule has 0 radical (unpaired) electrons. The van der Waals surface area contributed by atoms with Crippen LogP contribution in [0, 0.1) is 17.7 Å². The number of rotatable bonds is 6. The summed E-state index contributed by atoms with van der Waals surface area (Å²) < 4.78 is 14.2. The van der Waals surface area contributed by atoms with Gasteiger partial charge in [-0.05, 0) is 42.7 Å². The predicted octanol–water partition coefficient (Wildman–Crippen LogP) is 5.53. The van der Waals surface area contributed by atoms with Gasteiger partial charge in [-0.2, -0.15) is 0 Å². The van der Waals surface area contributed by atoms with Crippen molar-refractivity contribution in [2.75, 3.05) is 0 Å². The number of hydrogen-bond acceptors (Lipinski definition) is 2. The molecule has 2 nitrogen and oxygen atoms in total. The third-order valence-corrected chi connectivity index (χ3v) is 4.91. The van der Waals surface area contributed by atoms with Crippen LogP contribution >= 0.6 is 0 Å². The van der Waals surface area contributed by atoms with Gasteiger partial charge in [0, 0.05) is 5.56 Å². The van der Waals surface area contributed by atoms with E-state index in [1.807, 2.05) is 13.0 Å². The highest BCUT2D eigenvalue weighted by molar-refractivity contribution is 5.26. The highest BCUT2D eigenvalue weighted by Gasteiger charge is 2.31. The molecular weight excluding hydrogens is 267 g/mol. The van der Waals surface area contributed by atoms with Gasteiger partial charge in [0.1, 0.15) is 11.9 Å². The van der Waals surface area contributed by atoms with Crippen molar-refractivity contribution in [2.24, 2.45) is 11.8 Å². The summed E-state index contributed by atoms with van der Waals surface area (Å²) in [6, 6.07) is 5.25. The zero-order chi connectivity index (χ0) is 15.2. The van der Waals surface area contributed by atoms with Gasteiger partial charge >= 0.3 is 0 Å². The fraction of sp³-hybridized carbons (Fsp3) is 0.667. The summed E-state index contributed by atoms with van der Waals surface area (Å²) in [6.45, 7) is 4.22. The summed E-state index contributed by atoms with van der Waals surface area (Å²) in [4.78, 5) is 4.69. The number of hydrogen-bond donors (Lipinski definition) is 1. The van der Waals surface area contributed by atoms with Crippen molar-refractivity contribution in [1.29, 1.82) is 0 Å². The monoisotopic (exact) mass is 294 g/mol. The number of benzene rings is 1. The van der Waals surface area contributed by atoms with Gasteiger partial charge in [-0.3, -0.25) is 5.26 Å². The summed E-state index contributed by atoms with van der Waals surface area (Å²) in [6.07, 6.45) is 7.11. The van der Waals surface area contributed by atoms with Gasteiger partial charge in [0.05, 0.1) is 0 Å². The van der Waals surface area contributed by atoms with E-state index in [4.69, 9.17) is 0 Å². The molecule has 1 aromatic carbocycles. The number of halogens is 1. The molecule has 1 unspecified atom stereocenters. The van der Waals surface area contributed by atoms with E-state index in [0.29, 0.717) is 5.56 Å². The van der Waals surface area contributed by atoms with Crippen LogP contribution in [-0.2, 0) is 11.3 Å². The van der Waals surface area contributed by atoms with Gasteiger partial charge in [0.15, 0.2) is 0 Å². The van der Waals surface area contributed by atoms with Crippen LogP contribution in [0.2, 0.25) is 0 Å². The molecule has 1 aliphatic rings. The fourth-order valence-electron chi connectivity index (χ4n) is 3.61. The SMILES string of the molecule is CCCC1CCC(C(OO)c2ccc(CC)cc2F)CC1. The van der Waals surface area contributed by atoms with E-state index in [1.54, 1.807) is 12.1 Å². The topological polar surface area (TPSA) is 29.5 Å². The van der Waals surface area contributed by atoms with Crippen molar-refractivity contribution < 1.29 is 14.5 Å². The first-order valence-corrected chi connectivity index (χ1v) is 8.28. The summed E-state index contributed by atoms with van der Waals surface area (Å²) in [5.74, 6) is 0.743. The first kappa shape index (κ1) is 16.4. The molecule has 21 heavy (non-hydrogen) atoms. The minimum atomic E-state index is -0.529. The standard InChI is InChI=1S/C18H27FO2/c1-3-5-14-6-9-15(10-7-14)18(21-20)16-11-8-13(4-2)12-17(16)19/h8,11-12,14-15,18,20H,3-7,9-10H2,1-2H3. The molecule has 1 aliphatic carbocycles. The Bertz CT molecular complexity index is 439. The Kier molecular flexibility index (Phi) is 6.19. The van der Waals surface area contributed by atoms with Gasteiger partial charge in [-0.15, -0.1) is 0 Å². The van der Waals surface area contributed by atoms with Gasteiger partial charge in [0.2, 0.25) is 0 Å². The van der Waals surface area contributed by atoms with Crippen LogP contribution in [0.1, 0.15) is 69.6 Å². The van der Waals surface area contributed by atoms with Crippen molar-refractivity contribution in [1.82, 2.24) is 0 Å². The maximum atomic E-state index is 14.2. The lowest BCUT2D eigenvalue weighted by molar-refractivity contribution is -0.296. The van der Waals surface area contributed by atoms with E-state index in [1.165, 1.54) is 12.8 Å². The van der Waals surface area contributed by atoms with E-state index < -0.39 is 6.10 Å². The van der Waals surface area contributed by atoms with Gasteiger partial charge in [-0.1, -0.05) is 51.7 Å². The first-order valence-electron chi connectivity index (χ1n) is 8.28. The van der Waals surface area contributed by atoms with Crippen LogP contribution in [0.4, 0.5) is 4.39 Å². The Hall–Kier alpha value is -0.930. The zero-order valence-corrected chi connectivity index (χ0v) is 13.1. The summed E-state index contributed by atoms with van der Waals surface area (Å²) >= 11 is 0. The maximum absolute atomic E-state index is 14.2. The number of aryl methyl sites for hydroxylation is 1. The summed E-state index contributed by atoms with van der Waals surface area (Å²) in [7, 11) is 0. The second-order valence-electron chi connectivity index (χ2n) is 6.30. The molecule has 1 N–H and O–H groups in total. The van der Waals surface area contributed by atoms with Crippen LogP contribution in [0.15, 0.2) is 18.2 Å². The van der Waals surface area contributed by atoms with Crippen LogP contribution in [0.25, 0.3) is 0 Å². The highest BCUT2D eigenvalue weighted by atomic mass is 19.1. The van der Waals surface area contributed by atoms with E-state index in [2.05, 4.69) is 11.8 Å². The first-order chi connectivity index (χ1) is 10.2. The van der Waals surface area contributed by atoms with E-state index >= 15 is 0 Å². The molecule has 2 rings (SSSR count). The second-order valence-corrected chi connectivity index (χ2v) is 6.30. The quantitative estimate of drug-likeness (QED) is 0.552. The lowest BCUT2D eigenvalue weighted by Gasteiger charge is -2.32. The van der Waals surface area contributed by atoms with Gasteiger partial charge < -0.3 is 0 Å². The maximum Gasteiger partial charge on any atom is 0.129 e. The molecule has 0 spiro atoms. The summed E-state index contributed by atoms with van der Waals surface area (Å²) in [5, 5.41) is 9.29. The molecule has 0 heterocycles. The van der Waals surface area contributed by atoms with E-state index in [9.17, 15) is 9.65 Å². The molecule has 0 aliphatic heterocycles. The smallest absolute Gasteiger partial charge is 0.129 e. The van der Waals surface area contributed by atoms with Crippen molar-refractivity contribution in [3.63, 3.8) is 0 Å². The van der Waals surface area contributed by atoms with Crippen LogP contribution in [0.3, 0.4) is 0 Å². The Morgan fingerprint density at radius 2 is 1.95 bits per heavy atom. The second kappa shape index (κ2) is 7.90.